The Bertz CT molecular complexity index is 840. The maximum atomic E-state index is 12.5. The van der Waals surface area contributed by atoms with Crippen molar-refractivity contribution in [2.24, 2.45) is 0 Å². The van der Waals surface area contributed by atoms with Gasteiger partial charge in [-0.2, -0.15) is 0 Å². The molecule has 2 aromatic carbocycles. The number of nitrogens with one attached hydrogen (secondary N) is 3. The predicted molar refractivity (Wildman–Crippen MR) is 109 cm³/mol. The van der Waals surface area contributed by atoms with Crippen LogP contribution in [0, 0.1) is 0 Å². The van der Waals surface area contributed by atoms with Crippen LogP contribution < -0.4 is 20.7 Å². The molecular weight excluding hydrogens is 354 g/mol. The lowest BCUT2D eigenvalue weighted by molar-refractivity contribution is 0.102. The predicted octanol–water partition coefficient (Wildman–Crippen LogP) is 4.54. The molecule has 0 radical (unpaired) electrons. The molecule has 0 aliphatic heterocycles. The van der Waals surface area contributed by atoms with Crippen LogP contribution in [-0.2, 0) is 0 Å². The smallest absolute Gasteiger partial charge is 0.319 e. The summed E-state index contributed by atoms with van der Waals surface area (Å²) in [7, 11) is 0. The minimum absolute atomic E-state index is 0.226. The topological polar surface area (TPSA) is 79.5 Å². The fourth-order valence-electron chi connectivity index (χ4n) is 3.34. The third-order valence-electron chi connectivity index (χ3n) is 5.01. The summed E-state index contributed by atoms with van der Waals surface area (Å²) < 4.78 is 5.95. The number of amides is 3. The molecule has 28 heavy (non-hydrogen) atoms. The highest BCUT2D eigenvalue weighted by molar-refractivity contribution is 6.05. The van der Waals surface area contributed by atoms with E-state index in [1.165, 1.54) is 12.8 Å². The van der Waals surface area contributed by atoms with E-state index < -0.39 is 0 Å². The van der Waals surface area contributed by atoms with E-state index in [1.807, 2.05) is 24.3 Å². The quantitative estimate of drug-likeness (QED) is 0.689. The van der Waals surface area contributed by atoms with Crippen LogP contribution in [0.2, 0.25) is 0 Å². The van der Waals surface area contributed by atoms with Crippen LogP contribution in [0.5, 0.6) is 5.75 Å². The van der Waals surface area contributed by atoms with E-state index in [9.17, 15) is 9.59 Å². The largest absolute Gasteiger partial charge is 0.490 e. The van der Waals surface area contributed by atoms with Crippen molar-refractivity contribution in [3.8, 4) is 5.75 Å². The van der Waals surface area contributed by atoms with E-state index in [0.717, 1.165) is 31.4 Å². The molecule has 4 rings (SSSR count). The Hall–Kier alpha value is -3.02. The molecule has 0 saturated heterocycles. The zero-order valence-corrected chi connectivity index (χ0v) is 15.7. The van der Waals surface area contributed by atoms with E-state index in [0.29, 0.717) is 23.0 Å². The first kappa shape index (κ1) is 18.3. The number of carbonyl (C=O) groups is 2. The first-order valence-electron chi connectivity index (χ1n) is 9.91. The summed E-state index contributed by atoms with van der Waals surface area (Å²) in [5.74, 6) is 0.605. The SMILES string of the molecule is O=C(Nc1cccc(C(=O)Nc2ccc(OC3CCCC3)cc2)c1)NC1CC1. The Morgan fingerprint density at radius 2 is 1.61 bits per heavy atom. The van der Waals surface area contributed by atoms with E-state index in [4.69, 9.17) is 4.74 Å². The average molecular weight is 379 g/mol. The third kappa shape index (κ3) is 5.03. The van der Waals surface area contributed by atoms with Gasteiger partial charge in [0, 0.05) is 23.0 Å². The van der Waals surface area contributed by atoms with Crippen molar-refractivity contribution in [2.75, 3.05) is 10.6 Å². The summed E-state index contributed by atoms with van der Waals surface area (Å²) in [5, 5.41) is 8.51. The van der Waals surface area contributed by atoms with Crippen LogP contribution >= 0.6 is 0 Å². The zero-order chi connectivity index (χ0) is 19.3. The van der Waals surface area contributed by atoms with Crippen molar-refractivity contribution < 1.29 is 14.3 Å². The van der Waals surface area contributed by atoms with Gasteiger partial charge >= 0.3 is 6.03 Å². The van der Waals surface area contributed by atoms with Crippen molar-refractivity contribution in [3.05, 3.63) is 54.1 Å². The molecule has 0 bridgehead atoms. The van der Waals surface area contributed by atoms with Gasteiger partial charge in [-0.15, -0.1) is 0 Å². The lowest BCUT2D eigenvalue weighted by Gasteiger charge is -2.13. The zero-order valence-electron chi connectivity index (χ0n) is 15.7. The highest BCUT2D eigenvalue weighted by atomic mass is 16.5. The van der Waals surface area contributed by atoms with E-state index in [2.05, 4.69) is 16.0 Å². The van der Waals surface area contributed by atoms with Crippen LogP contribution in [0.25, 0.3) is 0 Å². The molecular formula is C22H25N3O3. The van der Waals surface area contributed by atoms with Crippen LogP contribution in [0.3, 0.4) is 0 Å². The summed E-state index contributed by atoms with van der Waals surface area (Å²) in [6.45, 7) is 0. The molecule has 6 nitrogen and oxygen atoms in total. The first-order valence-corrected chi connectivity index (χ1v) is 9.91. The molecule has 146 valence electrons. The lowest BCUT2D eigenvalue weighted by atomic mass is 10.2. The normalized spacial score (nSPS) is 16.4. The van der Waals surface area contributed by atoms with Gasteiger partial charge in [-0.25, -0.2) is 4.79 Å². The van der Waals surface area contributed by atoms with Crippen LogP contribution in [-0.4, -0.2) is 24.1 Å². The third-order valence-corrected chi connectivity index (χ3v) is 5.01. The van der Waals surface area contributed by atoms with Gasteiger partial charge in [0.1, 0.15) is 5.75 Å². The Kier molecular flexibility index (Phi) is 5.46. The first-order chi connectivity index (χ1) is 13.7. The Labute approximate surface area is 164 Å². The lowest BCUT2D eigenvalue weighted by Crippen LogP contribution is -2.30. The number of benzene rings is 2. The maximum absolute atomic E-state index is 12.5. The summed E-state index contributed by atoms with van der Waals surface area (Å²) in [5.41, 5.74) is 1.77. The minimum Gasteiger partial charge on any atom is -0.490 e. The van der Waals surface area contributed by atoms with E-state index in [-0.39, 0.29) is 18.0 Å². The van der Waals surface area contributed by atoms with Crippen LogP contribution in [0.15, 0.2) is 48.5 Å². The van der Waals surface area contributed by atoms with Crippen molar-refractivity contribution in [1.29, 1.82) is 0 Å². The fraction of sp³-hybridized carbons (Fsp3) is 0.364. The number of urea groups is 1. The van der Waals surface area contributed by atoms with Gasteiger partial charge in [0.15, 0.2) is 0 Å². The number of anilines is 2. The summed E-state index contributed by atoms with van der Waals surface area (Å²) in [6, 6.07) is 14.4. The van der Waals surface area contributed by atoms with Gasteiger partial charge in [0.05, 0.1) is 6.10 Å². The molecule has 2 aliphatic carbocycles. The Morgan fingerprint density at radius 3 is 2.32 bits per heavy atom. The number of carbonyl (C=O) groups excluding carboxylic acids is 2. The number of rotatable bonds is 6. The Balaban J connectivity index is 1.33. The van der Waals surface area contributed by atoms with Crippen molar-refractivity contribution in [3.63, 3.8) is 0 Å². The standard InChI is InChI=1S/C22H25N3O3/c26-21(15-4-3-5-18(14-15)25-22(27)24-17-8-9-17)23-16-10-12-20(13-11-16)28-19-6-1-2-7-19/h3-5,10-14,17,19H,1-2,6-9H2,(H,23,26)(H2,24,25,27). The second-order valence-corrected chi connectivity index (χ2v) is 7.46. The summed E-state index contributed by atoms with van der Waals surface area (Å²) in [6.07, 6.45) is 7.06. The monoisotopic (exact) mass is 379 g/mol. The average Bonchev–Trinajstić information content (AvgIpc) is 3.35. The molecule has 0 heterocycles. The summed E-state index contributed by atoms with van der Waals surface area (Å²) >= 11 is 0. The Morgan fingerprint density at radius 1 is 0.857 bits per heavy atom. The van der Waals surface area contributed by atoms with Gasteiger partial charge in [0.2, 0.25) is 0 Å². The molecule has 0 unspecified atom stereocenters. The van der Waals surface area contributed by atoms with Gasteiger partial charge in [-0.1, -0.05) is 6.07 Å². The van der Waals surface area contributed by atoms with Crippen molar-refractivity contribution in [2.45, 2.75) is 50.7 Å². The molecule has 2 aromatic rings. The van der Waals surface area contributed by atoms with Gasteiger partial charge < -0.3 is 20.7 Å². The molecule has 0 aromatic heterocycles. The van der Waals surface area contributed by atoms with Gasteiger partial charge in [0.25, 0.3) is 5.91 Å². The van der Waals surface area contributed by atoms with Gasteiger partial charge in [-0.05, 0) is 81.0 Å². The molecule has 3 N–H and O–H groups in total. The minimum atomic E-state index is -0.238. The second kappa shape index (κ2) is 8.33. The van der Waals surface area contributed by atoms with Crippen molar-refractivity contribution in [1.82, 2.24) is 5.32 Å². The number of hydrogen-bond donors (Lipinski definition) is 3. The molecule has 0 atom stereocenters. The van der Waals surface area contributed by atoms with Crippen LogP contribution in [0.4, 0.5) is 16.2 Å². The van der Waals surface area contributed by atoms with Crippen LogP contribution in [0.1, 0.15) is 48.9 Å². The molecule has 2 fully saturated rings. The highest BCUT2D eigenvalue weighted by Crippen LogP contribution is 2.25. The second-order valence-electron chi connectivity index (χ2n) is 7.46. The molecule has 6 heteroatoms. The number of hydrogen-bond acceptors (Lipinski definition) is 3. The fourth-order valence-corrected chi connectivity index (χ4v) is 3.34. The maximum Gasteiger partial charge on any atom is 0.319 e. The summed E-state index contributed by atoms with van der Waals surface area (Å²) in [4.78, 5) is 24.4. The van der Waals surface area contributed by atoms with Gasteiger partial charge in [-0.3, -0.25) is 4.79 Å². The number of ether oxygens (including phenoxy) is 1. The molecule has 2 saturated carbocycles. The highest BCUT2D eigenvalue weighted by Gasteiger charge is 2.23. The van der Waals surface area contributed by atoms with Crippen molar-refractivity contribution >= 4 is 23.3 Å². The molecule has 3 amide bonds. The molecule has 2 aliphatic rings. The molecule has 0 spiro atoms. The van der Waals surface area contributed by atoms with E-state index >= 15 is 0 Å². The van der Waals surface area contributed by atoms with E-state index in [1.54, 1.807) is 24.3 Å².